The molecule has 0 spiro atoms. The van der Waals surface area contributed by atoms with Crippen molar-refractivity contribution in [2.45, 2.75) is 38.3 Å². The van der Waals surface area contributed by atoms with Gasteiger partial charge in [0, 0.05) is 25.9 Å². The SMILES string of the molecule is CC[C@@H](NC(=O)c1ccc(=O)n(C)c1)[C@H]1CCCO1. The van der Waals surface area contributed by atoms with Crippen LogP contribution in [0.15, 0.2) is 23.1 Å². The zero-order valence-corrected chi connectivity index (χ0v) is 11.4. The van der Waals surface area contributed by atoms with Crippen LogP contribution in [0.5, 0.6) is 0 Å². The van der Waals surface area contributed by atoms with Crippen LogP contribution in [0.2, 0.25) is 0 Å². The van der Waals surface area contributed by atoms with Gasteiger partial charge in [-0.25, -0.2) is 0 Å². The molecule has 104 valence electrons. The Labute approximate surface area is 112 Å². The van der Waals surface area contributed by atoms with Gasteiger partial charge in [-0.1, -0.05) is 6.92 Å². The van der Waals surface area contributed by atoms with Gasteiger partial charge in [0.05, 0.1) is 17.7 Å². The molecule has 19 heavy (non-hydrogen) atoms. The van der Waals surface area contributed by atoms with E-state index in [2.05, 4.69) is 5.32 Å². The number of hydrogen-bond donors (Lipinski definition) is 1. The first kappa shape index (κ1) is 13.8. The minimum absolute atomic E-state index is 0.0345. The van der Waals surface area contributed by atoms with E-state index in [0.29, 0.717) is 5.56 Å². The molecule has 1 aromatic heterocycles. The quantitative estimate of drug-likeness (QED) is 0.885. The topological polar surface area (TPSA) is 60.3 Å². The van der Waals surface area contributed by atoms with Crippen LogP contribution < -0.4 is 10.9 Å². The highest BCUT2D eigenvalue weighted by Crippen LogP contribution is 2.17. The molecule has 0 bridgehead atoms. The van der Waals surface area contributed by atoms with E-state index in [4.69, 9.17) is 4.74 Å². The number of hydrogen-bond acceptors (Lipinski definition) is 3. The van der Waals surface area contributed by atoms with E-state index < -0.39 is 0 Å². The van der Waals surface area contributed by atoms with E-state index in [1.807, 2.05) is 6.92 Å². The first-order valence-corrected chi connectivity index (χ1v) is 6.71. The molecular weight excluding hydrogens is 244 g/mol. The fraction of sp³-hybridized carbons (Fsp3) is 0.571. The molecule has 5 nitrogen and oxygen atoms in total. The molecule has 1 fully saturated rings. The lowest BCUT2D eigenvalue weighted by Crippen LogP contribution is -2.42. The summed E-state index contributed by atoms with van der Waals surface area (Å²) in [6.07, 6.45) is 4.55. The third-order valence-corrected chi connectivity index (χ3v) is 3.52. The minimum atomic E-state index is -0.155. The monoisotopic (exact) mass is 264 g/mol. The maximum Gasteiger partial charge on any atom is 0.253 e. The first-order valence-electron chi connectivity index (χ1n) is 6.71. The Hall–Kier alpha value is -1.62. The van der Waals surface area contributed by atoms with Gasteiger partial charge in [-0.2, -0.15) is 0 Å². The van der Waals surface area contributed by atoms with Crippen LogP contribution in [-0.2, 0) is 11.8 Å². The summed E-state index contributed by atoms with van der Waals surface area (Å²) >= 11 is 0. The Bertz CT molecular complexity index is 504. The highest BCUT2D eigenvalue weighted by molar-refractivity contribution is 5.94. The highest BCUT2D eigenvalue weighted by Gasteiger charge is 2.26. The van der Waals surface area contributed by atoms with Gasteiger partial charge in [-0.15, -0.1) is 0 Å². The lowest BCUT2D eigenvalue weighted by molar-refractivity contribution is 0.0665. The van der Waals surface area contributed by atoms with Crippen LogP contribution in [0.25, 0.3) is 0 Å². The number of nitrogens with zero attached hydrogens (tertiary/aromatic N) is 1. The van der Waals surface area contributed by atoms with Crippen LogP contribution in [0.4, 0.5) is 0 Å². The third kappa shape index (κ3) is 3.23. The number of nitrogens with one attached hydrogen (secondary N) is 1. The summed E-state index contributed by atoms with van der Waals surface area (Å²) in [5.41, 5.74) is 0.376. The summed E-state index contributed by atoms with van der Waals surface area (Å²) in [6.45, 7) is 2.81. The number of aromatic nitrogens is 1. The Balaban J connectivity index is 2.06. The molecule has 5 heteroatoms. The van der Waals surface area contributed by atoms with Crippen molar-refractivity contribution in [3.63, 3.8) is 0 Å². The summed E-state index contributed by atoms with van der Waals surface area (Å²) in [6, 6.07) is 2.99. The molecule has 0 unspecified atom stereocenters. The molecular formula is C14H20N2O3. The standard InChI is InChI=1S/C14H20N2O3/c1-3-11(12-5-4-8-19-12)15-14(18)10-6-7-13(17)16(2)9-10/h6-7,9,11-12H,3-5,8H2,1-2H3,(H,15,18)/t11-,12-/m1/s1. The van der Waals surface area contributed by atoms with Crippen molar-refractivity contribution in [1.82, 2.24) is 9.88 Å². The molecule has 1 aromatic rings. The Morgan fingerprint density at radius 1 is 1.58 bits per heavy atom. The average molecular weight is 264 g/mol. The zero-order chi connectivity index (χ0) is 13.8. The molecule has 0 aromatic carbocycles. The van der Waals surface area contributed by atoms with E-state index in [9.17, 15) is 9.59 Å². The predicted molar refractivity (Wildman–Crippen MR) is 72.2 cm³/mol. The summed E-state index contributed by atoms with van der Waals surface area (Å²) in [4.78, 5) is 23.4. The second-order valence-electron chi connectivity index (χ2n) is 4.91. The van der Waals surface area contributed by atoms with Crippen molar-refractivity contribution < 1.29 is 9.53 Å². The summed E-state index contributed by atoms with van der Waals surface area (Å²) < 4.78 is 7.02. The molecule has 0 radical (unpaired) electrons. The maximum absolute atomic E-state index is 12.2. The maximum atomic E-state index is 12.2. The number of pyridine rings is 1. The van der Waals surface area contributed by atoms with Gasteiger partial charge in [0.2, 0.25) is 5.56 Å². The summed E-state index contributed by atoms with van der Waals surface area (Å²) in [7, 11) is 1.64. The highest BCUT2D eigenvalue weighted by atomic mass is 16.5. The fourth-order valence-corrected chi connectivity index (χ4v) is 2.36. The van der Waals surface area contributed by atoms with E-state index >= 15 is 0 Å². The van der Waals surface area contributed by atoms with Crippen molar-refractivity contribution in [3.8, 4) is 0 Å². The van der Waals surface area contributed by atoms with Crippen LogP contribution in [0, 0.1) is 0 Å². The fourth-order valence-electron chi connectivity index (χ4n) is 2.36. The Kier molecular flexibility index (Phi) is 4.37. The lowest BCUT2D eigenvalue weighted by Gasteiger charge is -2.22. The number of rotatable bonds is 4. The molecule has 2 heterocycles. The van der Waals surface area contributed by atoms with E-state index in [-0.39, 0.29) is 23.6 Å². The van der Waals surface area contributed by atoms with Crippen LogP contribution in [0.3, 0.4) is 0 Å². The summed E-state index contributed by atoms with van der Waals surface area (Å²) in [5, 5.41) is 2.99. The van der Waals surface area contributed by atoms with Gasteiger partial charge in [0.1, 0.15) is 0 Å². The smallest absolute Gasteiger partial charge is 0.253 e. The molecule has 1 N–H and O–H groups in total. The Morgan fingerprint density at radius 2 is 2.37 bits per heavy atom. The lowest BCUT2D eigenvalue weighted by atomic mass is 10.1. The van der Waals surface area contributed by atoms with Crippen molar-refractivity contribution >= 4 is 5.91 Å². The van der Waals surface area contributed by atoms with E-state index in [1.165, 1.54) is 10.6 Å². The van der Waals surface area contributed by atoms with Gasteiger partial charge in [-0.3, -0.25) is 9.59 Å². The van der Waals surface area contributed by atoms with Gasteiger partial charge in [0.15, 0.2) is 0 Å². The molecule has 1 aliphatic rings. The van der Waals surface area contributed by atoms with Crippen LogP contribution in [-0.4, -0.2) is 29.2 Å². The van der Waals surface area contributed by atoms with E-state index in [1.54, 1.807) is 19.3 Å². The minimum Gasteiger partial charge on any atom is -0.376 e. The van der Waals surface area contributed by atoms with Crippen molar-refractivity contribution in [2.75, 3.05) is 6.61 Å². The average Bonchev–Trinajstić information content (AvgIpc) is 2.92. The van der Waals surface area contributed by atoms with E-state index in [0.717, 1.165) is 25.9 Å². The predicted octanol–water partition coefficient (Wildman–Crippen LogP) is 1.07. The molecule has 2 atom stereocenters. The number of carbonyl (C=O) groups is 1. The second-order valence-corrected chi connectivity index (χ2v) is 4.91. The van der Waals surface area contributed by atoms with Crippen LogP contribution >= 0.6 is 0 Å². The molecule has 1 amide bonds. The molecule has 0 saturated carbocycles. The van der Waals surface area contributed by atoms with Crippen molar-refractivity contribution in [3.05, 3.63) is 34.2 Å². The largest absolute Gasteiger partial charge is 0.376 e. The van der Waals surface area contributed by atoms with Crippen molar-refractivity contribution in [1.29, 1.82) is 0 Å². The first-order chi connectivity index (χ1) is 9.11. The van der Waals surface area contributed by atoms with Gasteiger partial charge < -0.3 is 14.6 Å². The number of carbonyl (C=O) groups excluding carboxylic acids is 1. The second kappa shape index (κ2) is 6.02. The molecule has 1 aliphatic heterocycles. The van der Waals surface area contributed by atoms with Crippen molar-refractivity contribution in [2.24, 2.45) is 7.05 Å². The van der Waals surface area contributed by atoms with Gasteiger partial charge >= 0.3 is 0 Å². The Morgan fingerprint density at radius 3 is 2.95 bits per heavy atom. The summed E-state index contributed by atoms with van der Waals surface area (Å²) in [5.74, 6) is -0.155. The zero-order valence-electron chi connectivity index (χ0n) is 11.4. The number of ether oxygens (including phenoxy) is 1. The molecule has 0 aliphatic carbocycles. The van der Waals surface area contributed by atoms with Gasteiger partial charge in [-0.05, 0) is 25.3 Å². The number of aryl methyl sites for hydroxylation is 1. The third-order valence-electron chi connectivity index (χ3n) is 3.52. The molecule has 1 saturated heterocycles. The molecule has 2 rings (SSSR count). The van der Waals surface area contributed by atoms with Gasteiger partial charge in [0.25, 0.3) is 5.91 Å². The van der Waals surface area contributed by atoms with Crippen LogP contribution in [0.1, 0.15) is 36.5 Å². The normalized spacial score (nSPS) is 20.2. The number of amides is 1.